The fourth-order valence-electron chi connectivity index (χ4n) is 1.15. The van der Waals surface area contributed by atoms with Gasteiger partial charge in [-0.3, -0.25) is 4.68 Å². The van der Waals surface area contributed by atoms with Crippen molar-refractivity contribution < 1.29 is 14.3 Å². The quantitative estimate of drug-likeness (QED) is 0.667. The van der Waals surface area contributed by atoms with Crippen molar-refractivity contribution in [2.24, 2.45) is 7.05 Å². The lowest BCUT2D eigenvalue weighted by molar-refractivity contribution is -0.142. The van der Waals surface area contributed by atoms with Gasteiger partial charge >= 0.3 is 5.97 Å². The monoisotopic (exact) mass is 198 g/mol. The molecule has 0 atom stereocenters. The van der Waals surface area contributed by atoms with Crippen molar-refractivity contribution in [3.63, 3.8) is 0 Å². The van der Waals surface area contributed by atoms with Crippen LogP contribution in [0.4, 0.5) is 0 Å². The van der Waals surface area contributed by atoms with E-state index in [-0.39, 0.29) is 6.61 Å². The predicted octanol–water partition coefficient (Wildman–Crippen LogP) is 0.589. The molecule has 0 aliphatic heterocycles. The Bertz CT molecular complexity index is 344. The Morgan fingerprint density at radius 2 is 2.14 bits per heavy atom. The van der Waals surface area contributed by atoms with E-state index in [1.807, 2.05) is 20.9 Å². The first kappa shape index (κ1) is 10.6. The summed E-state index contributed by atoms with van der Waals surface area (Å²) in [6.45, 7) is 3.64. The van der Waals surface area contributed by atoms with Crippen molar-refractivity contribution >= 4 is 5.97 Å². The second-order valence-corrected chi connectivity index (χ2v) is 2.99. The van der Waals surface area contributed by atoms with Gasteiger partial charge in [-0.15, -0.1) is 0 Å². The van der Waals surface area contributed by atoms with Crippen LogP contribution in [0, 0.1) is 13.8 Å². The van der Waals surface area contributed by atoms with E-state index in [1.54, 1.807) is 4.68 Å². The predicted molar refractivity (Wildman–Crippen MR) is 50.2 cm³/mol. The molecule has 1 aromatic heterocycles. The minimum absolute atomic E-state index is 0.0795. The maximum atomic E-state index is 10.8. The van der Waals surface area contributed by atoms with Crippen LogP contribution in [0.3, 0.4) is 0 Å². The van der Waals surface area contributed by atoms with E-state index in [4.69, 9.17) is 4.74 Å². The highest BCUT2D eigenvalue weighted by atomic mass is 16.6. The van der Waals surface area contributed by atoms with Crippen molar-refractivity contribution in [1.29, 1.82) is 0 Å². The van der Waals surface area contributed by atoms with Crippen LogP contribution in [-0.4, -0.2) is 29.5 Å². The fourth-order valence-corrected chi connectivity index (χ4v) is 1.15. The molecule has 1 aromatic rings. The first-order valence-corrected chi connectivity index (χ1v) is 4.26. The zero-order chi connectivity index (χ0) is 10.7. The number of methoxy groups -OCH3 is 1. The van der Waals surface area contributed by atoms with E-state index in [0.717, 1.165) is 11.4 Å². The molecule has 5 heteroatoms. The van der Waals surface area contributed by atoms with Crippen molar-refractivity contribution in [2.75, 3.05) is 13.7 Å². The smallest absolute Gasteiger partial charge is 0.343 e. The number of hydrogen-bond donors (Lipinski definition) is 0. The zero-order valence-corrected chi connectivity index (χ0v) is 8.83. The number of hydrogen-bond acceptors (Lipinski definition) is 4. The maximum Gasteiger partial charge on any atom is 0.343 e. The number of esters is 1. The van der Waals surface area contributed by atoms with Crippen LogP contribution in [0.25, 0.3) is 0 Å². The molecule has 0 aromatic carbocycles. The van der Waals surface area contributed by atoms with Gasteiger partial charge in [0, 0.05) is 7.05 Å². The third-order valence-electron chi connectivity index (χ3n) is 2.00. The number of ether oxygens (including phenoxy) is 2. The van der Waals surface area contributed by atoms with Gasteiger partial charge in [-0.1, -0.05) is 0 Å². The standard InChI is InChI=1S/C9H14N2O3/c1-6-9(7(2)11(3)10-6)14-5-8(12)13-4/h5H2,1-4H3. The summed E-state index contributed by atoms with van der Waals surface area (Å²) >= 11 is 0. The summed E-state index contributed by atoms with van der Waals surface area (Å²) in [6, 6.07) is 0. The van der Waals surface area contributed by atoms with Gasteiger partial charge in [-0.05, 0) is 13.8 Å². The van der Waals surface area contributed by atoms with E-state index >= 15 is 0 Å². The van der Waals surface area contributed by atoms with E-state index < -0.39 is 5.97 Å². The molecule has 0 spiro atoms. The highest BCUT2D eigenvalue weighted by molar-refractivity contribution is 5.70. The Labute approximate surface area is 82.6 Å². The van der Waals surface area contributed by atoms with Crippen LogP contribution in [0.15, 0.2) is 0 Å². The number of aryl methyl sites for hydroxylation is 2. The summed E-state index contributed by atoms with van der Waals surface area (Å²) in [4.78, 5) is 10.8. The lowest BCUT2D eigenvalue weighted by Gasteiger charge is -2.04. The first-order chi connectivity index (χ1) is 6.56. The molecule has 0 fully saturated rings. The molecule has 5 nitrogen and oxygen atoms in total. The van der Waals surface area contributed by atoms with Gasteiger partial charge in [0.1, 0.15) is 5.69 Å². The molecule has 0 saturated carbocycles. The van der Waals surface area contributed by atoms with Gasteiger partial charge in [-0.25, -0.2) is 4.79 Å². The Morgan fingerprint density at radius 3 is 2.57 bits per heavy atom. The van der Waals surface area contributed by atoms with Crippen LogP contribution in [0.5, 0.6) is 5.75 Å². The summed E-state index contributed by atoms with van der Waals surface area (Å²) in [5.74, 6) is 0.255. The number of carbonyl (C=O) groups is 1. The molecule has 0 unspecified atom stereocenters. The van der Waals surface area contributed by atoms with Crippen LogP contribution in [0.2, 0.25) is 0 Å². The second kappa shape index (κ2) is 4.13. The van der Waals surface area contributed by atoms with E-state index in [1.165, 1.54) is 7.11 Å². The highest BCUT2D eigenvalue weighted by Gasteiger charge is 2.12. The third kappa shape index (κ3) is 2.04. The summed E-state index contributed by atoms with van der Waals surface area (Å²) in [5.41, 5.74) is 1.67. The van der Waals surface area contributed by atoms with Crippen molar-refractivity contribution in [3.8, 4) is 5.75 Å². The first-order valence-electron chi connectivity index (χ1n) is 4.26. The lowest BCUT2D eigenvalue weighted by atomic mass is 10.3. The fraction of sp³-hybridized carbons (Fsp3) is 0.556. The van der Waals surface area contributed by atoms with Gasteiger partial charge in [0.05, 0.1) is 12.8 Å². The summed E-state index contributed by atoms with van der Waals surface area (Å²) in [7, 11) is 3.15. The minimum atomic E-state index is -0.396. The number of aromatic nitrogens is 2. The maximum absolute atomic E-state index is 10.8. The van der Waals surface area contributed by atoms with E-state index in [9.17, 15) is 4.79 Å². The highest BCUT2D eigenvalue weighted by Crippen LogP contribution is 2.20. The zero-order valence-electron chi connectivity index (χ0n) is 8.83. The van der Waals surface area contributed by atoms with Crippen LogP contribution in [-0.2, 0) is 16.6 Å². The Morgan fingerprint density at radius 1 is 1.50 bits per heavy atom. The van der Waals surface area contributed by atoms with Crippen LogP contribution >= 0.6 is 0 Å². The van der Waals surface area contributed by atoms with E-state index in [2.05, 4.69) is 9.84 Å². The minimum Gasteiger partial charge on any atom is -0.478 e. The molecule has 0 aliphatic carbocycles. The Balaban J connectivity index is 2.71. The Kier molecular flexibility index (Phi) is 3.11. The molecule has 78 valence electrons. The summed E-state index contributed by atoms with van der Waals surface area (Å²) in [6.07, 6.45) is 0. The van der Waals surface area contributed by atoms with Crippen molar-refractivity contribution in [3.05, 3.63) is 11.4 Å². The topological polar surface area (TPSA) is 53.4 Å². The van der Waals surface area contributed by atoms with Gasteiger partial charge < -0.3 is 9.47 Å². The SMILES string of the molecule is COC(=O)COc1c(C)nn(C)c1C. The molecule has 0 N–H and O–H groups in total. The molecule has 1 rings (SSSR count). The molecular formula is C9H14N2O3. The van der Waals surface area contributed by atoms with Gasteiger partial charge in [0.15, 0.2) is 12.4 Å². The normalized spacial score (nSPS) is 10.0. The number of carbonyl (C=O) groups excluding carboxylic acids is 1. The van der Waals surface area contributed by atoms with Gasteiger partial charge in [0.25, 0.3) is 0 Å². The van der Waals surface area contributed by atoms with E-state index in [0.29, 0.717) is 5.75 Å². The number of rotatable bonds is 3. The molecule has 14 heavy (non-hydrogen) atoms. The van der Waals surface area contributed by atoms with Gasteiger partial charge in [0.2, 0.25) is 0 Å². The van der Waals surface area contributed by atoms with Crippen molar-refractivity contribution in [1.82, 2.24) is 9.78 Å². The van der Waals surface area contributed by atoms with Gasteiger partial charge in [-0.2, -0.15) is 5.10 Å². The molecule has 0 bridgehead atoms. The average Bonchev–Trinajstić information content (AvgIpc) is 2.39. The Hall–Kier alpha value is -1.52. The van der Waals surface area contributed by atoms with Crippen molar-refractivity contribution in [2.45, 2.75) is 13.8 Å². The third-order valence-corrected chi connectivity index (χ3v) is 2.00. The molecule has 0 saturated heterocycles. The molecule has 0 amide bonds. The molecule has 1 heterocycles. The molecule has 0 radical (unpaired) electrons. The largest absolute Gasteiger partial charge is 0.478 e. The second-order valence-electron chi connectivity index (χ2n) is 2.99. The van der Waals surface area contributed by atoms with Crippen LogP contribution in [0.1, 0.15) is 11.4 Å². The molecule has 0 aliphatic rings. The van der Waals surface area contributed by atoms with Crippen LogP contribution < -0.4 is 4.74 Å². The number of nitrogens with zero attached hydrogens (tertiary/aromatic N) is 2. The summed E-state index contributed by atoms with van der Waals surface area (Å²) < 4.78 is 11.5. The summed E-state index contributed by atoms with van der Waals surface area (Å²) in [5, 5.41) is 4.15. The molecular weight excluding hydrogens is 184 g/mol. The average molecular weight is 198 g/mol. The lowest BCUT2D eigenvalue weighted by Crippen LogP contribution is -2.13.